The zero-order valence-corrected chi connectivity index (χ0v) is 32.9. The minimum atomic E-state index is -4.58. The van der Waals surface area contributed by atoms with Gasteiger partial charge in [0.25, 0.3) is 15.9 Å². The Labute approximate surface area is 315 Å². The molecule has 3 aromatic carbocycles. The molecule has 1 atom stereocenters. The third kappa shape index (κ3) is 11.6. The number of phenolic OH excluding ortho intramolecular Hbond substituents is 1. The van der Waals surface area contributed by atoms with Crippen LogP contribution in [-0.2, 0) is 29.6 Å². The van der Waals surface area contributed by atoms with Gasteiger partial charge < -0.3 is 20.5 Å². The van der Waals surface area contributed by atoms with Gasteiger partial charge in [-0.2, -0.15) is 4.31 Å². The second-order valence-corrected chi connectivity index (χ2v) is 17.3. The predicted octanol–water partition coefficient (Wildman–Crippen LogP) is 7.39. The van der Waals surface area contributed by atoms with Gasteiger partial charge in [0.2, 0.25) is 15.9 Å². The summed E-state index contributed by atoms with van der Waals surface area (Å²) in [4.78, 5) is 25.1. The number of benzene rings is 3. The average molecular weight is 773 g/mol. The minimum absolute atomic E-state index is 0.0280. The van der Waals surface area contributed by atoms with Crippen LogP contribution in [0.3, 0.4) is 0 Å². The van der Waals surface area contributed by atoms with E-state index in [1.165, 1.54) is 38.7 Å². The smallest absolute Gasteiger partial charge is 0.263 e. The van der Waals surface area contributed by atoms with Gasteiger partial charge in [-0.05, 0) is 42.3 Å². The molecule has 0 spiro atoms. The second kappa shape index (κ2) is 20.1. The Balaban J connectivity index is 1.66. The van der Waals surface area contributed by atoms with E-state index in [1.807, 2.05) is 0 Å². The number of phenols is 1. The molecule has 14 heteroatoms. The Bertz CT molecular complexity index is 1910. The van der Waals surface area contributed by atoms with Crippen LogP contribution in [0.1, 0.15) is 108 Å². The highest BCUT2D eigenvalue weighted by molar-refractivity contribution is 7.93. The lowest BCUT2D eigenvalue weighted by Gasteiger charge is -2.27. The van der Waals surface area contributed by atoms with Crippen molar-refractivity contribution in [2.24, 2.45) is 5.92 Å². The third-order valence-corrected chi connectivity index (χ3v) is 13.0. The molecule has 1 fully saturated rings. The van der Waals surface area contributed by atoms with Crippen molar-refractivity contribution in [2.75, 3.05) is 42.9 Å². The Kier molecular flexibility index (Phi) is 15.9. The van der Waals surface area contributed by atoms with Crippen LogP contribution >= 0.6 is 0 Å². The van der Waals surface area contributed by atoms with Gasteiger partial charge in [-0.15, -0.1) is 0 Å². The summed E-state index contributed by atoms with van der Waals surface area (Å²) in [5, 5.41) is 17.3. The predicted molar refractivity (Wildman–Crippen MR) is 209 cm³/mol. The molecule has 3 aromatic rings. The molecule has 0 radical (unpaired) electrons. The molecule has 0 saturated carbocycles. The van der Waals surface area contributed by atoms with Crippen LogP contribution in [-0.4, -0.2) is 70.9 Å². The molecule has 0 aromatic heterocycles. The molecule has 2 amide bonds. The second-order valence-electron chi connectivity index (χ2n) is 13.8. The van der Waals surface area contributed by atoms with Crippen molar-refractivity contribution in [2.45, 2.75) is 108 Å². The molecule has 1 aliphatic heterocycles. The summed E-state index contributed by atoms with van der Waals surface area (Å²) in [6.45, 7) is 6.32. The highest BCUT2D eigenvalue weighted by atomic mass is 32.2. The molecule has 4 rings (SSSR count). The van der Waals surface area contributed by atoms with Crippen molar-refractivity contribution >= 4 is 54.0 Å². The zero-order chi connectivity index (χ0) is 38.4. The number of ether oxygens (including phenoxy) is 1. The van der Waals surface area contributed by atoms with Crippen LogP contribution in [0.2, 0.25) is 0 Å². The molecule has 0 aliphatic carbocycles. The lowest BCUT2D eigenvalue weighted by atomic mass is 9.94. The number of carbonyl (C=O) groups excluding carboxylic acids is 2. The summed E-state index contributed by atoms with van der Waals surface area (Å²) < 4.78 is 65.0. The number of sulfonamides is 2. The van der Waals surface area contributed by atoms with Gasteiger partial charge in [0.15, 0.2) is 5.75 Å². The van der Waals surface area contributed by atoms with E-state index in [0.29, 0.717) is 17.3 Å². The number of nitrogens with zero attached hydrogens (tertiary/aromatic N) is 1. The highest BCUT2D eigenvalue weighted by Gasteiger charge is 2.32. The van der Waals surface area contributed by atoms with Crippen LogP contribution in [0.15, 0.2) is 58.3 Å². The van der Waals surface area contributed by atoms with E-state index in [0.717, 1.165) is 67.8 Å². The monoisotopic (exact) mass is 772 g/mol. The average Bonchev–Trinajstić information content (AvgIpc) is 3.13. The quantitative estimate of drug-likeness (QED) is 0.0493. The van der Waals surface area contributed by atoms with Gasteiger partial charge in [-0.25, -0.2) is 16.8 Å². The minimum Gasteiger partial charge on any atom is -0.504 e. The molecule has 0 bridgehead atoms. The van der Waals surface area contributed by atoms with Gasteiger partial charge in [0, 0.05) is 31.9 Å². The lowest BCUT2D eigenvalue weighted by molar-refractivity contribution is -0.114. The normalized spacial score (nSPS) is 14.5. The van der Waals surface area contributed by atoms with Gasteiger partial charge in [0.05, 0.1) is 30.2 Å². The number of rotatable bonds is 21. The maximum Gasteiger partial charge on any atom is 0.263 e. The number of morpholine rings is 1. The molecule has 1 unspecified atom stereocenters. The van der Waals surface area contributed by atoms with Gasteiger partial charge in [-0.3, -0.25) is 14.3 Å². The van der Waals surface area contributed by atoms with E-state index >= 15 is 0 Å². The van der Waals surface area contributed by atoms with Crippen molar-refractivity contribution in [1.29, 1.82) is 0 Å². The van der Waals surface area contributed by atoms with Crippen LogP contribution in [0, 0.1) is 5.92 Å². The van der Waals surface area contributed by atoms with Crippen molar-refractivity contribution in [3.63, 3.8) is 0 Å². The summed E-state index contributed by atoms with van der Waals surface area (Å²) in [7, 11) is -8.91. The Morgan fingerprint density at radius 1 is 0.849 bits per heavy atom. The number of nitrogens with one attached hydrogen (secondary N) is 3. The first-order chi connectivity index (χ1) is 25.4. The van der Waals surface area contributed by atoms with E-state index in [2.05, 4.69) is 29.2 Å². The van der Waals surface area contributed by atoms with Crippen molar-refractivity contribution in [3.05, 3.63) is 54.1 Å². The summed E-state index contributed by atoms with van der Waals surface area (Å²) in [6.07, 6.45) is 13.5. The summed E-state index contributed by atoms with van der Waals surface area (Å²) in [6, 6.07) is 12.1. The largest absolute Gasteiger partial charge is 0.504 e. The molecule has 292 valence electrons. The number of hydrogen-bond donors (Lipinski definition) is 4. The molecule has 1 aliphatic rings. The summed E-state index contributed by atoms with van der Waals surface area (Å²) >= 11 is 0. The topological polar surface area (TPSA) is 171 Å². The van der Waals surface area contributed by atoms with Crippen molar-refractivity contribution < 1.29 is 36.3 Å². The first kappa shape index (κ1) is 42.0. The van der Waals surface area contributed by atoms with E-state index in [1.54, 1.807) is 30.3 Å². The standard InChI is InChI=1S/C39H56N4O8S2/c1-4-6-8-10-11-13-17-30(16-12-9-7-5-2)28-40-39(46)34-21-20-31-18-14-15-19-33(31)38(34)52(47,48)42-32-26-35(41-29(3)44)37(45)36(27-32)53(49,50)43-22-24-51-25-23-43/h14-15,18-21,26-27,30,42,45H,4-13,16-17,22-25,28H2,1-3H3,(H,40,46)(H,41,44). The van der Waals surface area contributed by atoms with Crippen LogP contribution in [0.5, 0.6) is 5.75 Å². The summed E-state index contributed by atoms with van der Waals surface area (Å²) in [5.74, 6) is -1.61. The Morgan fingerprint density at radius 3 is 2.13 bits per heavy atom. The fraction of sp³-hybridized carbons (Fsp3) is 0.538. The number of hydrogen-bond acceptors (Lipinski definition) is 8. The SMILES string of the molecule is CCCCCCCCC(CCCCCC)CNC(=O)c1ccc2ccccc2c1S(=O)(=O)Nc1cc(NC(C)=O)c(O)c(S(=O)(=O)N2CCOCC2)c1. The van der Waals surface area contributed by atoms with E-state index in [4.69, 9.17) is 4.74 Å². The number of fused-ring (bicyclic) bond motifs is 1. The van der Waals surface area contributed by atoms with Gasteiger partial charge >= 0.3 is 0 Å². The zero-order valence-electron chi connectivity index (χ0n) is 31.3. The molecule has 1 saturated heterocycles. The molecular weight excluding hydrogens is 717 g/mol. The summed E-state index contributed by atoms with van der Waals surface area (Å²) in [5.41, 5.74) is -0.581. The fourth-order valence-corrected chi connectivity index (χ4v) is 9.74. The molecular formula is C39H56N4O8S2. The molecule has 4 N–H and O–H groups in total. The number of unbranched alkanes of at least 4 members (excludes halogenated alkanes) is 8. The molecule has 53 heavy (non-hydrogen) atoms. The molecule has 12 nitrogen and oxygen atoms in total. The fourth-order valence-electron chi connectivity index (χ4n) is 6.75. The van der Waals surface area contributed by atoms with Crippen LogP contribution in [0.4, 0.5) is 11.4 Å². The number of anilines is 2. The van der Waals surface area contributed by atoms with E-state index in [9.17, 15) is 31.5 Å². The number of carbonyl (C=O) groups is 2. The third-order valence-electron chi connectivity index (χ3n) is 9.60. The molecule has 1 heterocycles. The van der Waals surface area contributed by atoms with E-state index < -0.39 is 42.5 Å². The number of aromatic hydroxyl groups is 1. The maximum atomic E-state index is 14.4. The van der Waals surface area contributed by atoms with E-state index in [-0.39, 0.29) is 54.1 Å². The lowest BCUT2D eigenvalue weighted by Crippen LogP contribution is -2.40. The van der Waals surface area contributed by atoms with Crippen LogP contribution < -0.4 is 15.4 Å². The first-order valence-corrected chi connectivity index (χ1v) is 21.9. The Morgan fingerprint density at radius 2 is 1.47 bits per heavy atom. The number of amides is 2. The van der Waals surface area contributed by atoms with Gasteiger partial charge in [0.1, 0.15) is 9.79 Å². The highest BCUT2D eigenvalue weighted by Crippen LogP contribution is 2.38. The van der Waals surface area contributed by atoms with Crippen LogP contribution in [0.25, 0.3) is 10.8 Å². The maximum absolute atomic E-state index is 14.4. The van der Waals surface area contributed by atoms with Crippen molar-refractivity contribution in [3.8, 4) is 5.75 Å². The van der Waals surface area contributed by atoms with Gasteiger partial charge in [-0.1, -0.05) is 108 Å². The first-order valence-electron chi connectivity index (χ1n) is 18.9. The van der Waals surface area contributed by atoms with Crippen molar-refractivity contribution in [1.82, 2.24) is 9.62 Å². The Hall–Kier alpha value is -3.72.